The molecule has 2 rings (SSSR count). The van der Waals surface area contributed by atoms with Crippen LogP contribution >= 0.6 is 0 Å². The Balaban J connectivity index is -0.000000358. The van der Waals surface area contributed by atoms with Crippen LogP contribution in [0.3, 0.4) is 0 Å². The number of Topliss-reactive ketones (excluding diaryl/α,β-unsaturated/α-hetero) is 1. The lowest BCUT2D eigenvalue weighted by Gasteiger charge is -2.43. The Morgan fingerprint density at radius 3 is 1.25 bits per heavy atom. The number of carboxylic acids is 2. The number of nitrogens with one attached hydrogen (secondary N) is 3. The maximum Gasteiger partial charge on any atom is 0.307 e. The van der Waals surface area contributed by atoms with Gasteiger partial charge in [-0.3, -0.25) is 76.7 Å². The number of azide groups is 1. The molecule has 0 bridgehead atoms. The second kappa shape index (κ2) is 69.5. The molecule has 11 N–H and O–H groups in total. The maximum atomic E-state index is 12.3. The van der Waals surface area contributed by atoms with E-state index in [-0.39, 0.29) is 176 Å². The first-order chi connectivity index (χ1) is 55.7. The minimum atomic E-state index is -1.77. The molecule has 662 valence electrons. The van der Waals surface area contributed by atoms with Crippen LogP contribution in [0.2, 0.25) is 0 Å². The fourth-order valence-electron chi connectivity index (χ4n) is 7.64. The van der Waals surface area contributed by atoms with E-state index in [0.29, 0.717) is 6.54 Å². The fourth-order valence-corrected chi connectivity index (χ4v) is 7.64. The molecule has 1 aromatic rings. The van der Waals surface area contributed by atoms with Gasteiger partial charge in [0.2, 0.25) is 17.7 Å². The molecule has 0 spiro atoms. The highest BCUT2D eigenvalue weighted by molar-refractivity contribution is 5.85. The van der Waals surface area contributed by atoms with Crippen molar-refractivity contribution in [3.05, 3.63) is 46.3 Å². The first-order valence-corrected chi connectivity index (χ1v) is 35.5. The first-order valence-electron chi connectivity index (χ1n) is 35.5. The number of rotatable bonds is 47. The van der Waals surface area contributed by atoms with E-state index in [1.807, 2.05) is 30.3 Å². The summed E-state index contributed by atoms with van der Waals surface area (Å²) in [6.07, 6.45) is 16.5. The third-order valence-corrected chi connectivity index (χ3v) is 14.5. The highest BCUT2D eigenvalue weighted by Crippen LogP contribution is 2.27. The van der Waals surface area contributed by atoms with Gasteiger partial charge in [0.05, 0.1) is 123 Å². The van der Waals surface area contributed by atoms with E-state index < -0.39 is 157 Å². The number of ketones is 1. The number of methoxy groups -OCH3 is 1. The number of amides is 3. The Hall–Kier alpha value is -11.8. The first kappa shape index (κ1) is 115. The van der Waals surface area contributed by atoms with Gasteiger partial charge in [-0.2, -0.15) is 0 Å². The number of ether oxygens (including phenoxy) is 12. The number of aliphatic hydroxyl groups excluding tert-OH is 6. The number of carbonyl (C=O) groups excluding carboxylic acids is 14. The molecular formula is C76H112N6O36. The second-order valence-corrected chi connectivity index (χ2v) is 25.1. The van der Waals surface area contributed by atoms with E-state index in [1.165, 1.54) is 14.0 Å². The van der Waals surface area contributed by atoms with Crippen LogP contribution in [0.1, 0.15) is 151 Å². The summed E-state index contributed by atoms with van der Waals surface area (Å²) >= 11 is 0. The molecule has 0 saturated carbocycles. The smallest absolute Gasteiger partial charge is 0.307 e. The molecule has 1 unspecified atom stereocenters. The van der Waals surface area contributed by atoms with Crippen molar-refractivity contribution >= 4 is 95.1 Å². The van der Waals surface area contributed by atoms with Crippen molar-refractivity contribution in [1.82, 2.24) is 16.0 Å². The number of aliphatic carboxylic acids is 2. The Bertz CT molecular complexity index is 3490. The summed E-state index contributed by atoms with van der Waals surface area (Å²) in [4.78, 5) is 184. The zero-order chi connectivity index (χ0) is 91.0. The summed E-state index contributed by atoms with van der Waals surface area (Å²) < 4.78 is 59.1. The molecule has 1 heterocycles. The third kappa shape index (κ3) is 65.4. The molecule has 0 radical (unpaired) electrons. The zero-order valence-electron chi connectivity index (χ0n) is 67.4. The number of hydrogen-bond donors (Lipinski definition) is 11. The van der Waals surface area contributed by atoms with Crippen molar-refractivity contribution in [3.8, 4) is 49.4 Å². The van der Waals surface area contributed by atoms with E-state index in [0.717, 1.165) is 19.6 Å². The SMILES string of the molecule is C#CCOC(=O)CCC(=O)CC(C)(CO)CO.C#CCOC(=O)CCC(=O)NC(CO)(CO)COC(=O)CCC(=O)OCC(CC)(COC(C)=O)COC(=O)CCC(=O)O.C#CCOC(=O)CCC(=O)NC1(COC(=O)CCC(=O)O)COC(C)(C)OC1.C#CCOC(=O)CCC(=O)NCO.CO.COC(C)=O.[HH].[N-]=[N+]=NCc1ccccc1. The minimum absolute atomic E-state index is 0. The number of aliphatic hydroxyl groups is 6. The Labute approximate surface area is 684 Å². The van der Waals surface area contributed by atoms with Crippen LogP contribution in [0.15, 0.2) is 35.4 Å². The van der Waals surface area contributed by atoms with Gasteiger partial charge >= 0.3 is 71.6 Å². The molecule has 118 heavy (non-hydrogen) atoms. The number of terminal acetylenes is 4. The molecule has 3 amide bonds. The highest BCUT2D eigenvalue weighted by atomic mass is 16.7. The molecule has 42 nitrogen and oxygen atoms in total. The summed E-state index contributed by atoms with van der Waals surface area (Å²) in [7, 11) is 2.35. The van der Waals surface area contributed by atoms with Crippen LogP contribution in [0, 0.1) is 60.2 Å². The Kier molecular flexibility index (Phi) is 67.5. The molecule has 1 fully saturated rings. The van der Waals surface area contributed by atoms with Crippen molar-refractivity contribution in [2.45, 2.75) is 168 Å². The number of nitrogens with zero attached hydrogens (tertiary/aromatic N) is 3. The number of carboxylic acid groups (broad SMARTS) is 2. The largest absolute Gasteiger partial charge is 0.481 e. The third-order valence-electron chi connectivity index (χ3n) is 14.5. The summed E-state index contributed by atoms with van der Waals surface area (Å²) in [5.41, 5.74) is 4.13. The predicted molar refractivity (Wildman–Crippen MR) is 409 cm³/mol. The summed E-state index contributed by atoms with van der Waals surface area (Å²) in [5, 5.41) is 80.5. The lowest BCUT2D eigenvalue weighted by molar-refractivity contribution is -0.275. The zero-order valence-corrected chi connectivity index (χ0v) is 67.4. The van der Waals surface area contributed by atoms with Crippen molar-refractivity contribution in [2.75, 3.05) is 120 Å². The predicted octanol–water partition coefficient (Wildman–Crippen LogP) is 0.438. The lowest BCUT2D eigenvalue weighted by Crippen LogP contribution is -2.63. The maximum absolute atomic E-state index is 12.3. The number of carbonyl (C=O) groups is 16. The second-order valence-electron chi connectivity index (χ2n) is 25.1. The molecule has 0 aliphatic carbocycles. The van der Waals surface area contributed by atoms with E-state index in [9.17, 15) is 86.9 Å². The summed E-state index contributed by atoms with van der Waals surface area (Å²) in [6.45, 7) is 4.44. The van der Waals surface area contributed by atoms with Gasteiger partial charge in [0.15, 0.2) is 32.2 Å². The van der Waals surface area contributed by atoms with E-state index in [1.54, 1.807) is 27.7 Å². The quantitative estimate of drug-likeness (QED) is 0.00802. The minimum Gasteiger partial charge on any atom is -0.481 e. The van der Waals surface area contributed by atoms with Crippen molar-refractivity contribution < 1.29 is 176 Å². The standard InChI is InChI=1S/C27H39NO15.C18H25NO9.C12H18O5.C8H11NO4.C7H7N3.C3H6O2.CH4O.H2/c1-4-12-39-22(35)8-6-20(32)28-27(13-29,14-30)18-43-25(38)11-10-24(37)42-17-26(5-2,15-40-19(3)31)16-41-23(36)9-7-21(33)34;1-4-9-25-15(23)7-5-13(20)19-18(11-27-17(2,3)28-12-18)10-26-16(24)8-6-14(21)22;1-3-6-17-11(16)5-4-10(15)7-12(2,8-13)9-14;1-2-5-13-8(12)4-3-7(11)9-6-10;8-10-9-6-7-4-2-1-3-5-7;1-3(4)5-2;1-2;/h1,29-30H,5-18H2,2-3H3,(H,28,32)(H,33,34);1H,5-12H2,2-3H3,(H,19,20)(H,21,22);1,13-14H,4-9H2,2H3;1,10H,3-6H2,(H,9,11);1-5H,6H2;1-2H3;2H,1H3;1H. The van der Waals surface area contributed by atoms with Gasteiger partial charge in [0, 0.05) is 64.8 Å². The van der Waals surface area contributed by atoms with Crippen molar-refractivity contribution in [1.29, 1.82) is 0 Å². The Morgan fingerprint density at radius 2 is 0.890 bits per heavy atom. The topological polar surface area (TPSA) is 631 Å². The number of hydrogen-bond acceptors (Lipinski definition) is 35. The average molecular weight is 1690 g/mol. The normalized spacial score (nSPS) is 12.0. The van der Waals surface area contributed by atoms with Gasteiger partial charge in [-0.1, -0.05) is 73.0 Å². The van der Waals surface area contributed by atoms with Crippen LogP contribution in [-0.2, 0) is 140 Å². The molecule has 1 aliphatic heterocycles. The van der Waals surface area contributed by atoms with Gasteiger partial charge in [-0.15, -0.1) is 25.7 Å². The Morgan fingerprint density at radius 1 is 0.525 bits per heavy atom. The summed E-state index contributed by atoms with van der Waals surface area (Å²) in [6, 6.07) is 9.62. The molecule has 1 atom stereocenters. The van der Waals surface area contributed by atoms with Crippen LogP contribution in [0.25, 0.3) is 10.4 Å². The molecule has 1 aromatic carbocycles. The van der Waals surface area contributed by atoms with Crippen LogP contribution in [0.4, 0.5) is 0 Å². The number of esters is 10. The van der Waals surface area contributed by atoms with Gasteiger partial charge in [-0.25, -0.2) is 0 Å². The summed E-state index contributed by atoms with van der Waals surface area (Å²) in [5.74, 6) is -3.09. The fraction of sp³-hybridized carbons (Fsp3) is 0.605. The molecule has 0 aromatic heterocycles. The van der Waals surface area contributed by atoms with Crippen molar-refractivity contribution in [3.63, 3.8) is 0 Å². The highest BCUT2D eigenvalue weighted by Gasteiger charge is 2.43. The van der Waals surface area contributed by atoms with Crippen LogP contribution in [0.5, 0.6) is 0 Å². The molecule has 42 heteroatoms. The molecular weight excluding hydrogens is 1570 g/mol. The average Bonchev–Trinajstić information content (AvgIpc) is 0.811. The van der Waals surface area contributed by atoms with Gasteiger partial charge < -0.3 is 114 Å². The van der Waals surface area contributed by atoms with E-state index >= 15 is 0 Å². The van der Waals surface area contributed by atoms with Crippen LogP contribution < -0.4 is 16.0 Å². The van der Waals surface area contributed by atoms with Gasteiger partial charge in [0.25, 0.3) is 0 Å². The van der Waals surface area contributed by atoms with Gasteiger partial charge in [0.1, 0.15) is 56.6 Å². The molecule has 1 saturated heterocycles. The lowest BCUT2D eigenvalue weighted by atomic mass is 9.86. The van der Waals surface area contributed by atoms with E-state index in [2.05, 4.69) is 73.3 Å². The number of benzene rings is 1. The molecule has 1 aliphatic rings. The van der Waals surface area contributed by atoms with E-state index in [4.69, 9.17) is 95.0 Å². The van der Waals surface area contributed by atoms with Gasteiger partial charge in [-0.05, 0) is 31.4 Å². The van der Waals surface area contributed by atoms with Crippen LogP contribution in [-0.4, -0.2) is 273 Å². The van der Waals surface area contributed by atoms with Crippen molar-refractivity contribution in [2.24, 2.45) is 15.9 Å². The monoisotopic (exact) mass is 1680 g/mol.